The molecule has 6 heteroatoms. The van der Waals surface area contributed by atoms with Gasteiger partial charge < -0.3 is 19.9 Å². The van der Waals surface area contributed by atoms with Crippen molar-refractivity contribution in [2.75, 3.05) is 13.2 Å². The number of aliphatic hydroxyl groups is 1. The highest BCUT2D eigenvalue weighted by molar-refractivity contribution is 6.30. The first-order valence-corrected chi connectivity index (χ1v) is 5.99. The van der Waals surface area contributed by atoms with Crippen LogP contribution in [0.4, 0.5) is 4.79 Å². The van der Waals surface area contributed by atoms with Crippen molar-refractivity contribution in [3.8, 4) is 5.75 Å². The van der Waals surface area contributed by atoms with E-state index in [2.05, 4.69) is 5.32 Å². The van der Waals surface area contributed by atoms with Crippen molar-refractivity contribution in [3.63, 3.8) is 0 Å². The van der Waals surface area contributed by atoms with Gasteiger partial charge in [0.1, 0.15) is 12.4 Å². The Morgan fingerprint density at radius 3 is 3.06 bits per heavy atom. The molecule has 0 aromatic heterocycles. The van der Waals surface area contributed by atoms with Crippen LogP contribution in [0.2, 0.25) is 5.02 Å². The SMILES string of the molecule is C[C@@H](O)c1cc(Cl)ccc1OCC1CNC(=O)O1. The predicted molar refractivity (Wildman–Crippen MR) is 65.9 cm³/mol. The largest absolute Gasteiger partial charge is 0.489 e. The highest BCUT2D eigenvalue weighted by atomic mass is 35.5. The summed E-state index contributed by atoms with van der Waals surface area (Å²) in [5.74, 6) is 0.539. The number of carbonyl (C=O) groups is 1. The normalized spacial score (nSPS) is 20.2. The van der Waals surface area contributed by atoms with E-state index in [-0.39, 0.29) is 12.7 Å². The van der Waals surface area contributed by atoms with Gasteiger partial charge in [-0.05, 0) is 25.1 Å². The molecule has 2 atom stereocenters. The molecule has 5 nitrogen and oxygen atoms in total. The number of cyclic esters (lactones) is 1. The number of rotatable bonds is 4. The molecule has 1 amide bonds. The van der Waals surface area contributed by atoms with Crippen molar-refractivity contribution >= 4 is 17.7 Å². The van der Waals surface area contributed by atoms with E-state index in [4.69, 9.17) is 21.1 Å². The van der Waals surface area contributed by atoms with Crippen LogP contribution in [0.15, 0.2) is 18.2 Å². The molecule has 0 saturated carbocycles. The van der Waals surface area contributed by atoms with Gasteiger partial charge in [-0.2, -0.15) is 0 Å². The second-order valence-corrected chi connectivity index (χ2v) is 4.51. The minimum Gasteiger partial charge on any atom is -0.489 e. The van der Waals surface area contributed by atoms with Crippen LogP contribution >= 0.6 is 11.6 Å². The Balaban J connectivity index is 2.02. The van der Waals surface area contributed by atoms with Crippen LogP contribution < -0.4 is 10.1 Å². The summed E-state index contributed by atoms with van der Waals surface area (Å²) < 4.78 is 10.5. The highest BCUT2D eigenvalue weighted by Gasteiger charge is 2.23. The summed E-state index contributed by atoms with van der Waals surface area (Å²) in [6, 6.07) is 5.02. The van der Waals surface area contributed by atoms with E-state index in [9.17, 15) is 9.90 Å². The Kier molecular flexibility index (Phi) is 3.93. The first-order valence-electron chi connectivity index (χ1n) is 5.61. The Morgan fingerprint density at radius 1 is 1.67 bits per heavy atom. The minimum atomic E-state index is -0.678. The van der Waals surface area contributed by atoms with E-state index in [1.165, 1.54) is 0 Å². The summed E-state index contributed by atoms with van der Waals surface area (Å²) in [5.41, 5.74) is 0.611. The number of hydrogen-bond acceptors (Lipinski definition) is 4. The Labute approximate surface area is 110 Å². The highest BCUT2D eigenvalue weighted by Crippen LogP contribution is 2.28. The van der Waals surface area contributed by atoms with E-state index in [1.54, 1.807) is 25.1 Å². The molecule has 1 aliphatic heterocycles. The third-order valence-electron chi connectivity index (χ3n) is 2.59. The van der Waals surface area contributed by atoms with Crippen LogP contribution in [0.1, 0.15) is 18.6 Å². The maximum Gasteiger partial charge on any atom is 0.407 e. The zero-order chi connectivity index (χ0) is 13.1. The molecule has 98 valence electrons. The summed E-state index contributed by atoms with van der Waals surface area (Å²) in [7, 11) is 0. The van der Waals surface area contributed by atoms with Gasteiger partial charge in [0.15, 0.2) is 6.10 Å². The third-order valence-corrected chi connectivity index (χ3v) is 2.83. The lowest BCUT2D eigenvalue weighted by Crippen LogP contribution is -2.22. The number of alkyl carbamates (subject to hydrolysis) is 1. The molecule has 1 unspecified atom stereocenters. The number of nitrogens with one attached hydrogen (secondary N) is 1. The summed E-state index contributed by atoms with van der Waals surface area (Å²) in [6.45, 7) is 2.30. The molecule has 0 spiro atoms. The Morgan fingerprint density at radius 2 is 2.44 bits per heavy atom. The van der Waals surface area contributed by atoms with Crippen LogP contribution in [0, 0.1) is 0 Å². The fourth-order valence-electron chi connectivity index (χ4n) is 1.68. The standard InChI is InChI=1S/C12H14ClNO4/c1-7(15)10-4-8(13)2-3-11(10)17-6-9-5-14-12(16)18-9/h2-4,7,9,15H,5-6H2,1H3,(H,14,16)/t7-,9?/m1/s1. The van der Waals surface area contributed by atoms with Gasteiger partial charge in [0.25, 0.3) is 0 Å². The quantitative estimate of drug-likeness (QED) is 0.877. The van der Waals surface area contributed by atoms with Crippen LogP contribution in [0.5, 0.6) is 5.75 Å². The van der Waals surface area contributed by atoms with Crippen LogP contribution in [0.3, 0.4) is 0 Å². The van der Waals surface area contributed by atoms with E-state index >= 15 is 0 Å². The molecule has 1 saturated heterocycles. The number of carbonyl (C=O) groups excluding carboxylic acids is 1. The van der Waals surface area contributed by atoms with Crippen molar-refractivity contribution in [3.05, 3.63) is 28.8 Å². The van der Waals surface area contributed by atoms with E-state index in [0.717, 1.165) is 0 Å². The lowest BCUT2D eigenvalue weighted by Gasteiger charge is -2.15. The van der Waals surface area contributed by atoms with Crippen molar-refractivity contribution in [2.45, 2.75) is 19.1 Å². The first-order chi connectivity index (χ1) is 8.56. The molecular weight excluding hydrogens is 258 g/mol. The predicted octanol–water partition coefficient (Wildman–Crippen LogP) is 1.88. The molecule has 1 aromatic rings. The maximum absolute atomic E-state index is 10.8. The van der Waals surface area contributed by atoms with Gasteiger partial charge in [0.2, 0.25) is 0 Å². The molecule has 18 heavy (non-hydrogen) atoms. The molecule has 0 aliphatic carbocycles. The fraction of sp³-hybridized carbons (Fsp3) is 0.417. The molecule has 1 heterocycles. The summed E-state index contributed by atoms with van der Waals surface area (Å²) in [6.07, 6.45) is -1.42. The van der Waals surface area contributed by atoms with Gasteiger partial charge in [-0.25, -0.2) is 4.79 Å². The fourth-order valence-corrected chi connectivity index (χ4v) is 1.87. The Bertz CT molecular complexity index is 450. The number of hydrogen-bond donors (Lipinski definition) is 2. The molecule has 1 aliphatic rings. The summed E-state index contributed by atoms with van der Waals surface area (Å²) in [5, 5.41) is 12.7. The van der Waals surface area contributed by atoms with Crippen molar-refractivity contribution < 1.29 is 19.4 Å². The maximum atomic E-state index is 10.8. The number of aliphatic hydroxyl groups excluding tert-OH is 1. The Hall–Kier alpha value is -1.46. The van der Waals surface area contributed by atoms with Crippen LogP contribution in [-0.4, -0.2) is 30.5 Å². The average molecular weight is 272 g/mol. The van der Waals surface area contributed by atoms with E-state index in [1.807, 2.05) is 0 Å². The molecule has 0 bridgehead atoms. The zero-order valence-corrected chi connectivity index (χ0v) is 10.6. The smallest absolute Gasteiger partial charge is 0.407 e. The van der Waals surface area contributed by atoms with Crippen molar-refractivity contribution in [2.24, 2.45) is 0 Å². The van der Waals surface area contributed by atoms with E-state index in [0.29, 0.717) is 22.9 Å². The first kappa shape index (κ1) is 13.0. The number of benzene rings is 1. The second kappa shape index (κ2) is 5.46. The number of amides is 1. The van der Waals surface area contributed by atoms with Gasteiger partial charge in [-0.15, -0.1) is 0 Å². The average Bonchev–Trinajstić information content (AvgIpc) is 2.73. The van der Waals surface area contributed by atoms with Gasteiger partial charge in [-0.1, -0.05) is 11.6 Å². The summed E-state index contributed by atoms with van der Waals surface area (Å²) in [4.78, 5) is 10.8. The van der Waals surface area contributed by atoms with Crippen LogP contribution in [-0.2, 0) is 4.74 Å². The van der Waals surface area contributed by atoms with Crippen LogP contribution in [0.25, 0.3) is 0 Å². The third kappa shape index (κ3) is 3.05. The van der Waals surface area contributed by atoms with Gasteiger partial charge >= 0.3 is 6.09 Å². The van der Waals surface area contributed by atoms with Gasteiger partial charge in [-0.3, -0.25) is 0 Å². The zero-order valence-electron chi connectivity index (χ0n) is 9.85. The number of halogens is 1. The number of ether oxygens (including phenoxy) is 2. The lowest BCUT2D eigenvalue weighted by atomic mass is 10.1. The van der Waals surface area contributed by atoms with Gasteiger partial charge in [0.05, 0.1) is 12.6 Å². The summed E-state index contributed by atoms with van der Waals surface area (Å²) >= 11 is 5.86. The minimum absolute atomic E-state index is 0.236. The molecule has 0 radical (unpaired) electrons. The molecule has 1 fully saturated rings. The van der Waals surface area contributed by atoms with Crippen molar-refractivity contribution in [1.29, 1.82) is 0 Å². The van der Waals surface area contributed by atoms with E-state index < -0.39 is 12.2 Å². The lowest BCUT2D eigenvalue weighted by molar-refractivity contribution is 0.102. The topological polar surface area (TPSA) is 67.8 Å². The monoisotopic (exact) mass is 271 g/mol. The molecule has 2 rings (SSSR count). The molecular formula is C12H14ClNO4. The van der Waals surface area contributed by atoms with Gasteiger partial charge in [0, 0.05) is 10.6 Å². The molecule has 1 aromatic carbocycles. The second-order valence-electron chi connectivity index (χ2n) is 4.08. The molecule has 2 N–H and O–H groups in total. The van der Waals surface area contributed by atoms with Crippen molar-refractivity contribution in [1.82, 2.24) is 5.32 Å².